The predicted molar refractivity (Wildman–Crippen MR) is 104 cm³/mol. The molecule has 2 aliphatic heterocycles. The van der Waals surface area contributed by atoms with E-state index >= 15 is 0 Å². The lowest BCUT2D eigenvalue weighted by Crippen LogP contribution is -2.54. The van der Waals surface area contributed by atoms with Gasteiger partial charge in [-0.1, -0.05) is 6.07 Å². The van der Waals surface area contributed by atoms with Gasteiger partial charge in [0.2, 0.25) is 11.8 Å². The van der Waals surface area contributed by atoms with Crippen molar-refractivity contribution < 1.29 is 28.7 Å². The van der Waals surface area contributed by atoms with Gasteiger partial charge in [0.05, 0.1) is 23.9 Å². The predicted octanol–water partition coefficient (Wildman–Crippen LogP) is 1.35. The zero-order chi connectivity index (χ0) is 21.4. The SMILES string of the molecule is COc1ccc(C(=O)Nc2cccc3c2C(=O)N(C2CCC(=O)NC2=O)C3=O)cc1. The summed E-state index contributed by atoms with van der Waals surface area (Å²) in [5, 5.41) is 4.80. The van der Waals surface area contributed by atoms with Crippen LogP contribution in [0.2, 0.25) is 0 Å². The molecule has 9 heteroatoms. The van der Waals surface area contributed by atoms with Crippen LogP contribution in [0.15, 0.2) is 42.5 Å². The van der Waals surface area contributed by atoms with Gasteiger partial charge in [0.1, 0.15) is 11.8 Å². The van der Waals surface area contributed by atoms with Crippen molar-refractivity contribution in [3.63, 3.8) is 0 Å². The van der Waals surface area contributed by atoms with Gasteiger partial charge in [0.25, 0.3) is 17.7 Å². The van der Waals surface area contributed by atoms with E-state index < -0.39 is 35.6 Å². The number of anilines is 1. The molecular weight excluding hydrogens is 390 g/mol. The molecule has 9 nitrogen and oxygen atoms in total. The number of amides is 5. The van der Waals surface area contributed by atoms with E-state index in [9.17, 15) is 24.0 Å². The lowest BCUT2D eigenvalue weighted by Gasteiger charge is -2.27. The fourth-order valence-electron chi connectivity index (χ4n) is 3.56. The Morgan fingerprint density at radius 2 is 1.80 bits per heavy atom. The highest BCUT2D eigenvalue weighted by molar-refractivity contribution is 6.26. The summed E-state index contributed by atoms with van der Waals surface area (Å²) in [5.74, 6) is -2.33. The van der Waals surface area contributed by atoms with Crippen LogP contribution in [0.3, 0.4) is 0 Å². The second-order valence-electron chi connectivity index (χ2n) is 6.86. The maximum absolute atomic E-state index is 13.0. The molecule has 2 heterocycles. The second kappa shape index (κ2) is 7.43. The molecule has 1 saturated heterocycles. The molecule has 2 aliphatic rings. The number of rotatable bonds is 4. The largest absolute Gasteiger partial charge is 0.497 e. The lowest BCUT2D eigenvalue weighted by atomic mass is 10.0. The molecule has 2 aromatic carbocycles. The smallest absolute Gasteiger partial charge is 0.264 e. The highest BCUT2D eigenvalue weighted by Gasteiger charge is 2.45. The molecule has 1 atom stereocenters. The van der Waals surface area contributed by atoms with E-state index in [4.69, 9.17) is 4.74 Å². The maximum atomic E-state index is 13.0. The fourth-order valence-corrected chi connectivity index (χ4v) is 3.56. The van der Waals surface area contributed by atoms with E-state index in [0.717, 1.165) is 4.90 Å². The van der Waals surface area contributed by atoms with Gasteiger partial charge in [-0.15, -0.1) is 0 Å². The average Bonchev–Trinajstić information content (AvgIpc) is 2.99. The summed E-state index contributed by atoms with van der Waals surface area (Å²) in [7, 11) is 1.51. The number of piperidine rings is 1. The number of hydrogen-bond acceptors (Lipinski definition) is 6. The maximum Gasteiger partial charge on any atom is 0.264 e. The second-order valence-corrected chi connectivity index (χ2v) is 6.86. The zero-order valence-electron chi connectivity index (χ0n) is 15.9. The van der Waals surface area contributed by atoms with Gasteiger partial charge in [0, 0.05) is 12.0 Å². The minimum absolute atomic E-state index is 0.0223. The van der Waals surface area contributed by atoms with Crippen LogP contribution in [-0.2, 0) is 9.59 Å². The highest BCUT2D eigenvalue weighted by atomic mass is 16.5. The topological polar surface area (TPSA) is 122 Å². The molecule has 152 valence electrons. The molecule has 2 N–H and O–H groups in total. The van der Waals surface area contributed by atoms with Crippen molar-refractivity contribution in [2.24, 2.45) is 0 Å². The molecule has 0 saturated carbocycles. The normalized spacial score (nSPS) is 18.2. The van der Waals surface area contributed by atoms with E-state index in [0.29, 0.717) is 11.3 Å². The monoisotopic (exact) mass is 407 g/mol. The molecule has 1 unspecified atom stereocenters. The molecule has 5 amide bonds. The number of fused-ring (bicyclic) bond motifs is 1. The Hall–Kier alpha value is -4.01. The van der Waals surface area contributed by atoms with Crippen LogP contribution < -0.4 is 15.4 Å². The van der Waals surface area contributed by atoms with Crippen LogP contribution in [-0.4, -0.2) is 47.6 Å². The van der Waals surface area contributed by atoms with Gasteiger partial charge in [-0.25, -0.2) is 0 Å². The van der Waals surface area contributed by atoms with Crippen LogP contribution in [0.25, 0.3) is 0 Å². The van der Waals surface area contributed by atoms with E-state index in [2.05, 4.69) is 10.6 Å². The third kappa shape index (κ3) is 3.20. The number of benzene rings is 2. The number of carbonyl (C=O) groups is 5. The summed E-state index contributed by atoms with van der Waals surface area (Å²) in [5.41, 5.74) is 0.625. The number of nitrogens with zero attached hydrogens (tertiary/aromatic N) is 1. The van der Waals surface area contributed by atoms with E-state index in [-0.39, 0.29) is 29.7 Å². The number of hydrogen-bond donors (Lipinski definition) is 2. The third-order valence-corrected chi connectivity index (χ3v) is 5.07. The van der Waals surface area contributed by atoms with Crippen molar-refractivity contribution in [1.29, 1.82) is 0 Å². The van der Waals surface area contributed by atoms with Gasteiger partial charge < -0.3 is 10.1 Å². The molecule has 1 fully saturated rings. The molecule has 4 rings (SSSR count). The number of carbonyl (C=O) groups excluding carboxylic acids is 5. The Bertz CT molecular complexity index is 1090. The van der Waals surface area contributed by atoms with E-state index in [1.165, 1.54) is 19.2 Å². The molecule has 0 bridgehead atoms. The van der Waals surface area contributed by atoms with Crippen LogP contribution in [0.5, 0.6) is 5.75 Å². The Morgan fingerprint density at radius 1 is 1.07 bits per heavy atom. The fraction of sp³-hybridized carbons (Fsp3) is 0.190. The molecule has 30 heavy (non-hydrogen) atoms. The molecule has 0 aromatic heterocycles. The van der Waals surface area contributed by atoms with Crippen molar-refractivity contribution in [3.05, 3.63) is 59.2 Å². The highest BCUT2D eigenvalue weighted by Crippen LogP contribution is 2.32. The molecule has 2 aromatic rings. The van der Waals surface area contributed by atoms with Gasteiger partial charge >= 0.3 is 0 Å². The van der Waals surface area contributed by atoms with Gasteiger partial charge in [-0.2, -0.15) is 0 Å². The minimum Gasteiger partial charge on any atom is -0.497 e. The summed E-state index contributed by atoms with van der Waals surface area (Å²) in [6.07, 6.45) is 0.0918. The number of imide groups is 2. The summed E-state index contributed by atoms with van der Waals surface area (Å²) in [6.45, 7) is 0. The minimum atomic E-state index is -1.07. The van der Waals surface area contributed by atoms with Crippen molar-refractivity contribution in [2.75, 3.05) is 12.4 Å². The van der Waals surface area contributed by atoms with Crippen molar-refractivity contribution >= 4 is 35.2 Å². The first kappa shape index (κ1) is 19.3. The van der Waals surface area contributed by atoms with Crippen molar-refractivity contribution in [1.82, 2.24) is 10.2 Å². The summed E-state index contributed by atoms with van der Waals surface area (Å²) in [6, 6.07) is 9.85. The average molecular weight is 407 g/mol. The third-order valence-electron chi connectivity index (χ3n) is 5.07. The van der Waals surface area contributed by atoms with Gasteiger partial charge in [-0.05, 0) is 42.8 Å². The summed E-state index contributed by atoms with van der Waals surface area (Å²) in [4.78, 5) is 62.9. The first-order valence-electron chi connectivity index (χ1n) is 9.20. The van der Waals surface area contributed by atoms with E-state index in [1.54, 1.807) is 30.3 Å². The van der Waals surface area contributed by atoms with Crippen LogP contribution in [0.1, 0.15) is 43.9 Å². The summed E-state index contributed by atoms with van der Waals surface area (Å²) < 4.78 is 5.07. The van der Waals surface area contributed by atoms with Crippen molar-refractivity contribution in [2.45, 2.75) is 18.9 Å². The molecule has 0 spiro atoms. The van der Waals surface area contributed by atoms with Crippen LogP contribution in [0, 0.1) is 0 Å². The van der Waals surface area contributed by atoms with Crippen LogP contribution >= 0.6 is 0 Å². The molecule has 0 aliphatic carbocycles. The Morgan fingerprint density at radius 3 is 2.47 bits per heavy atom. The molecular formula is C21H17N3O6. The Labute approximate surface area is 171 Å². The standard InChI is InChI=1S/C21H17N3O6/c1-30-12-7-5-11(6-8-12)18(26)22-14-4-2-3-13-17(14)21(29)24(20(13)28)15-9-10-16(25)23-19(15)27/h2-8,15H,9-10H2,1H3,(H,22,26)(H,23,25,27). The number of nitrogens with one attached hydrogen (secondary N) is 2. The van der Waals surface area contributed by atoms with Gasteiger partial charge in [0.15, 0.2) is 0 Å². The van der Waals surface area contributed by atoms with E-state index in [1.807, 2.05) is 0 Å². The first-order chi connectivity index (χ1) is 14.4. The van der Waals surface area contributed by atoms with Crippen LogP contribution in [0.4, 0.5) is 5.69 Å². The van der Waals surface area contributed by atoms with Crippen molar-refractivity contribution in [3.8, 4) is 5.75 Å². The summed E-state index contributed by atoms with van der Waals surface area (Å²) >= 11 is 0. The Kier molecular flexibility index (Phi) is 4.78. The number of methoxy groups -OCH3 is 1. The quantitative estimate of drug-likeness (QED) is 0.738. The first-order valence-corrected chi connectivity index (χ1v) is 9.20. The molecule has 0 radical (unpaired) electrons. The van der Waals surface area contributed by atoms with Gasteiger partial charge in [-0.3, -0.25) is 34.2 Å². The number of ether oxygens (including phenoxy) is 1. The Balaban J connectivity index is 1.62. The zero-order valence-corrected chi connectivity index (χ0v) is 15.9. The lowest BCUT2D eigenvalue weighted by molar-refractivity contribution is -0.136.